The molecule has 98 valence electrons. The molecule has 0 spiro atoms. The van der Waals surface area contributed by atoms with Crippen molar-refractivity contribution in [1.82, 2.24) is 10.3 Å². The molecule has 18 heavy (non-hydrogen) atoms. The number of H-pyrrole nitrogens is 1. The summed E-state index contributed by atoms with van der Waals surface area (Å²) in [5.41, 5.74) is 8.49. The van der Waals surface area contributed by atoms with Crippen LogP contribution >= 0.6 is 0 Å². The molecule has 0 aliphatic heterocycles. The topological polar surface area (TPSA) is 53.8 Å². The van der Waals surface area contributed by atoms with Crippen LogP contribution in [0.15, 0.2) is 30.5 Å². The van der Waals surface area contributed by atoms with Crippen LogP contribution in [0, 0.1) is 5.41 Å². The number of hydrogen-bond acceptors (Lipinski definition) is 2. The van der Waals surface area contributed by atoms with Gasteiger partial charge < -0.3 is 16.0 Å². The third-order valence-electron chi connectivity index (χ3n) is 3.52. The molecule has 0 amide bonds. The Bertz CT molecular complexity index is 499. The number of hydrogen-bond donors (Lipinski definition) is 3. The van der Waals surface area contributed by atoms with Gasteiger partial charge in [0.1, 0.15) is 0 Å². The summed E-state index contributed by atoms with van der Waals surface area (Å²) >= 11 is 0. The number of rotatable bonds is 6. The zero-order valence-corrected chi connectivity index (χ0v) is 11.3. The Morgan fingerprint density at radius 2 is 2.06 bits per heavy atom. The average Bonchev–Trinajstić information content (AvgIpc) is 2.78. The van der Waals surface area contributed by atoms with E-state index in [-0.39, 0.29) is 5.41 Å². The minimum atomic E-state index is 0.229. The molecule has 0 radical (unpaired) electrons. The largest absolute Gasteiger partial charge is 0.361 e. The summed E-state index contributed by atoms with van der Waals surface area (Å²) in [6.45, 7) is 7.07. The SMILES string of the molecule is CC(C)(CN)CCNCc1c[nH]c2ccccc12. The van der Waals surface area contributed by atoms with E-state index >= 15 is 0 Å². The first kappa shape index (κ1) is 13.1. The second kappa shape index (κ2) is 5.55. The molecule has 0 aliphatic rings. The van der Waals surface area contributed by atoms with Gasteiger partial charge in [0.05, 0.1) is 0 Å². The summed E-state index contributed by atoms with van der Waals surface area (Å²) in [6.07, 6.45) is 3.19. The lowest BCUT2D eigenvalue weighted by Gasteiger charge is -2.22. The molecule has 0 bridgehead atoms. The van der Waals surface area contributed by atoms with Crippen LogP contribution in [0.3, 0.4) is 0 Å². The monoisotopic (exact) mass is 245 g/mol. The van der Waals surface area contributed by atoms with E-state index in [1.165, 1.54) is 16.5 Å². The van der Waals surface area contributed by atoms with Crippen LogP contribution in [0.1, 0.15) is 25.8 Å². The Hall–Kier alpha value is -1.32. The first-order valence-corrected chi connectivity index (χ1v) is 6.58. The lowest BCUT2D eigenvalue weighted by Crippen LogP contribution is -2.28. The highest BCUT2D eigenvalue weighted by Gasteiger charge is 2.14. The van der Waals surface area contributed by atoms with Crippen molar-refractivity contribution in [2.24, 2.45) is 11.1 Å². The summed E-state index contributed by atoms with van der Waals surface area (Å²) in [4.78, 5) is 3.30. The number of aromatic nitrogens is 1. The van der Waals surface area contributed by atoms with Crippen molar-refractivity contribution in [2.45, 2.75) is 26.8 Å². The standard InChI is InChI=1S/C15H23N3/c1-15(2,11-16)7-8-17-9-12-10-18-14-6-4-3-5-13(12)14/h3-6,10,17-18H,7-9,11,16H2,1-2H3. The van der Waals surface area contributed by atoms with Crippen molar-refractivity contribution >= 4 is 10.9 Å². The van der Waals surface area contributed by atoms with Gasteiger partial charge in [-0.2, -0.15) is 0 Å². The van der Waals surface area contributed by atoms with Crippen molar-refractivity contribution in [2.75, 3.05) is 13.1 Å². The fourth-order valence-electron chi connectivity index (χ4n) is 2.03. The third-order valence-corrected chi connectivity index (χ3v) is 3.52. The molecule has 2 rings (SSSR count). The van der Waals surface area contributed by atoms with Crippen LogP contribution in [0.5, 0.6) is 0 Å². The predicted molar refractivity (Wildman–Crippen MR) is 77.5 cm³/mol. The van der Waals surface area contributed by atoms with Crippen LogP contribution < -0.4 is 11.1 Å². The molecule has 3 nitrogen and oxygen atoms in total. The fourth-order valence-corrected chi connectivity index (χ4v) is 2.03. The molecule has 1 heterocycles. The zero-order chi connectivity index (χ0) is 13.0. The summed E-state index contributed by atoms with van der Waals surface area (Å²) in [7, 11) is 0. The molecule has 2 aromatic rings. The normalized spacial score (nSPS) is 12.2. The molecular weight excluding hydrogens is 222 g/mol. The van der Waals surface area contributed by atoms with Crippen LogP contribution in [0.2, 0.25) is 0 Å². The van der Waals surface area contributed by atoms with E-state index in [1.807, 2.05) is 0 Å². The van der Waals surface area contributed by atoms with E-state index in [9.17, 15) is 0 Å². The molecule has 1 aromatic carbocycles. The fraction of sp³-hybridized carbons (Fsp3) is 0.467. The van der Waals surface area contributed by atoms with Gasteiger partial charge in [0.15, 0.2) is 0 Å². The first-order chi connectivity index (χ1) is 8.62. The first-order valence-electron chi connectivity index (χ1n) is 6.58. The van der Waals surface area contributed by atoms with Gasteiger partial charge in [-0.1, -0.05) is 32.0 Å². The molecule has 0 unspecified atom stereocenters. The van der Waals surface area contributed by atoms with E-state index < -0.39 is 0 Å². The Kier molecular flexibility index (Phi) is 4.04. The molecule has 0 atom stereocenters. The highest BCUT2D eigenvalue weighted by atomic mass is 14.9. The van der Waals surface area contributed by atoms with E-state index in [4.69, 9.17) is 5.73 Å². The summed E-state index contributed by atoms with van der Waals surface area (Å²) in [5.74, 6) is 0. The number of aromatic amines is 1. The van der Waals surface area contributed by atoms with Gasteiger partial charge in [-0.05, 0) is 36.6 Å². The van der Waals surface area contributed by atoms with E-state index in [0.717, 1.165) is 26.1 Å². The van der Waals surface area contributed by atoms with Crippen LogP contribution in [0.4, 0.5) is 0 Å². The molecule has 1 aromatic heterocycles. The summed E-state index contributed by atoms with van der Waals surface area (Å²) in [5, 5.41) is 4.80. The van der Waals surface area contributed by atoms with Gasteiger partial charge in [0.2, 0.25) is 0 Å². The maximum Gasteiger partial charge on any atom is 0.0457 e. The van der Waals surface area contributed by atoms with Gasteiger partial charge in [-0.25, -0.2) is 0 Å². The third kappa shape index (κ3) is 3.12. The van der Waals surface area contributed by atoms with Crippen molar-refractivity contribution < 1.29 is 0 Å². The predicted octanol–water partition coefficient (Wildman–Crippen LogP) is 2.63. The van der Waals surface area contributed by atoms with E-state index in [2.05, 4.69) is 54.6 Å². The molecule has 4 N–H and O–H groups in total. The average molecular weight is 245 g/mol. The number of nitrogens with one attached hydrogen (secondary N) is 2. The lowest BCUT2D eigenvalue weighted by molar-refractivity contribution is 0.339. The maximum atomic E-state index is 5.72. The van der Waals surface area contributed by atoms with Gasteiger partial charge in [-0.15, -0.1) is 0 Å². The number of fused-ring (bicyclic) bond motifs is 1. The molecule has 0 fully saturated rings. The Balaban J connectivity index is 1.87. The Morgan fingerprint density at radius 1 is 1.28 bits per heavy atom. The van der Waals surface area contributed by atoms with Crippen molar-refractivity contribution in [3.8, 4) is 0 Å². The maximum absolute atomic E-state index is 5.72. The van der Waals surface area contributed by atoms with Gasteiger partial charge in [0, 0.05) is 23.6 Å². The quantitative estimate of drug-likeness (QED) is 0.685. The molecule has 0 saturated carbocycles. The summed E-state index contributed by atoms with van der Waals surface area (Å²) in [6, 6.07) is 8.40. The van der Waals surface area contributed by atoms with Gasteiger partial charge in [0.25, 0.3) is 0 Å². The minimum Gasteiger partial charge on any atom is -0.361 e. The van der Waals surface area contributed by atoms with E-state index in [1.54, 1.807) is 0 Å². The van der Waals surface area contributed by atoms with Crippen molar-refractivity contribution in [3.63, 3.8) is 0 Å². The zero-order valence-electron chi connectivity index (χ0n) is 11.3. The Labute approximate surface area is 109 Å². The molecular formula is C15H23N3. The molecule has 0 aliphatic carbocycles. The van der Waals surface area contributed by atoms with Crippen molar-refractivity contribution in [1.29, 1.82) is 0 Å². The summed E-state index contributed by atoms with van der Waals surface area (Å²) < 4.78 is 0. The highest BCUT2D eigenvalue weighted by Crippen LogP contribution is 2.19. The number of benzene rings is 1. The second-order valence-corrected chi connectivity index (χ2v) is 5.65. The lowest BCUT2D eigenvalue weighted by atomic mass is 9.90. The van der Waals surface area contributed by atoms with Gasteiger partial charge in [-0.3, -0.25) is 0 Å². The van der Waals surface area contributed by atoms with Crippen LogP contribution in [-0.4, -0.2) is 18.1 Å². The Morgan fingerprint density at radius 3 is 2.83 bits per heavy atom. The van der Waals surface area contributed by atoms with E-state index in [0.29, 0.717) is 0 Å². The molecule has 0 saturated heterocycles. The minimum absolute atomic E-state index is 0.229. The van der Waals surface area contributed by atoms with Crippen LogP contribution in [0.25, 0.3) is 10.9 Å². The van der Waals surface area contributed by atoms with Crippen molar-refractivity contribution in [3.05, 3.63) is 36.0 Å². The molecule has 3 heteroatoms. The highest BCUT2D eigenvalue weighted by molar-refractivity contribution is 5.82. The smallest absolute Gasteiger partial charge is 0.0457 e. The van der Waals surface area contributed by atoms with Gasteiger partial charge >= 0.3 is 0 Å². The number of para-hydroxylation sites is 1. The number of nitrogens with two attached hydrogens (primary N) is 1. The van der Waals surface area contributed by atoms with Crippen LogP contribution in [-0.2, 0) is 6.54 Å². The second-order valence-electron chi connectivity index (χ2n) is 5.65.